The molecule has 0 spiro atoms. The van der Waals surface area contributed by atoms with Gasteiger partial charge in [0.05, 0.1) is 17.7 Å². The quantitative estimate of drug-likeness (QED) is 0.747. The first kappa shape index (κ1) is 18.2. The summed E-state index contributed by atoms with van der Waals surface area (Å²) >= 11 is 0. The molecule has 0 saturated carbocycles. The highest BCUT2D eigenvalue weighted by molar-refractivity contribution is 5.39. The van der Waals surface area contributed by atoms with E-state index in [0.29, 0.717) is 0 Å². The molecule has 1 rings (SSSR count). The van der Waals surface area contributed by atoms with Crippen LogP contribution in [0.3, 0.4) is 0 Å². The fraction of sp³-hybridized carbons (Fsp3) is 0.462. The summed E-state index contributed by atoms with van der Waals surface area (Å²) in [6, 6.07) is 6.70. The van der Waals surface area contributed by atoms with E-state index in [1.807, 2.05) is 0 Å². The van der Waals surface area contributed by atoms with Crippen LogP contribution in [0.15, 0.2) is 24.3 Å². The molecule has 22 heavy (non-hydrogen) atoms. The van der Waals surface area contributed by atoms with E-state index >= 15 is 0 Å². The molecule has 0 aliphatic carbocycles. The number of hydrogen-bond donors (Lipinski definition) is 0. The van der Waals surface area contributed by atoms with Crippen LogP contribution in [-0.2, 0) is 4.74 Å². The number of nitrogens with zero attached hydrogens (tertiary/aromatic N) is 1. The molecule has 0 aliphatic rings. The van der Waals surface area contributed by atoms with E-state index in [-0.39, 0.29) is 11.1 Å². The molecular formula is C13H10F7NO. The molecule has 1 aromatic carbocycles. The molecule has 1 aromatic rings. The SMILES string of the molecule is COC(CC(F)(F)C(F)(F)C(F)(F)F)c1ccccc1C#N. The van der Waals surface area contributed by atoms with Crippen molar-refractivity contribution in [3.63, 3.8) is 0 Å². The van der Waals surface area contributed by atoms with Crippen molar-refractivity contribution in [3.05, 3.63) is 35.4 Å². The van der Waals surface area contributed by atoms with Crippen molar-refractivity contribution in [2.24, 2.45) is 0 Å². The number of halogens is 7. The van der Waals surface area contributed by atoms with Crippen molar-refractivity contribution >= 4 is 0 Å². The average molecular weight is 329 g/mol. The van der Waals surface area contributed by atoms with E-state index in [2.05, 4.69) is 4.74 Å². The number of benzene rings is 1. The second-order valence-electron chi connectivity index (χ2n) is 4.40. The molecule has 0 heterocycles. The second-order valence-corrected chi connectivity index (χ2v) is 4.40. The highest BCUT2D eigenvalue weighted by Crippen LogP contribution is 2.50. The van der Waals surface area contributed by atoms with Crippen LogP contribution in [0.25, 0.3) is 0 Å². The molecule has 1 atom stereocenters. The molecule has 0 radical (unpaired) electrons. The third-order valence-corrected chi connectivity index (χ3v) is 2.97. The topological polar surface area (TPSA) is 33.0 Å². The number of nitriles is 1. The van der Waals surface area contributed by atoms with Gasteiger partial charge in [0.25, 0.3) is 0 Å². The van der Waals surface area contributed by atoms with Crippen LogP contribution in [0.2, 0.25) is 0 Å². The molecule has 9 heteroatoms. The maximum Gasteiger partial charge on any atom is 0.459 e. The zero-order chi connectivity index (χ0) is 17.2. The summed E-state index contributed by atoms with van der Waals surface area (Å²) in [6.07, 6.45) is -10.1. The zero-order valence-corrected chi connectivity index (χ0v) is 11.1. The lowest BCUT2D eigenvalue weighted by molar-refractivity contribution is -0.358. The van der Waals surface area contributed by atoms with E-state index in [4.69, 9.17) is 5.26 Å². The van der Waals surface area contributed by atoms with Gasteiger partial charge in [-0.3, -0.25) is 0 Å². The van der Waals surface area contributed by atoms with Gasteiger partial charge in [0.15, 0.2) is 0 Å². The van der Waals surface area contributed by atoms with Gasteiger partial charge in [-0.25, -0.2) is 0 Å². The summed E-state index contributed by atoms with van der Waals surface area (Å²) in [6.45, 7) is 0. The number of alkyl halides is 7. The third kappa shape index (κ3) is 3.32. The molecule has 122 valence electrons. The molecular weight excluding hydrogens is 319 g/mol. The zero-order valence-electron chi connectivity index (χ0n) is 11.1. The molecule has 0 fully saturated rings. The molecule has 0 aliphatic heterocycles. The van der Waals surface area contributed by atoms with Gasteiger partial charge in [0, 0.05) is 13.5 Å². The van der Waals surface area contributed by atoms with Gasteiger partial charge >= 0.3 is 18.0 Å². The first-order valence-corrected chi connectivity index (χ1v) is 5.82. The van der Waals surface area contributed by atoms with Crippen molar-refractivity contribution in [2.45, 2.75) is 30.5 Å². The van der Waals surface area contributed by atoms with E-state index in [9.17, 15) is 30.7 Å². The molecule has 2 nitrogen and oxygen atoms in total. The Kier molecular flexibility index (Phi) is 5.07. The minimum Gasteiger partial charge on any atom is -0.376 e. The summed E-state index contributed by atoms with van der Waals surface area (Å²) in [4.78, 5) is 0. The largest absolute Gasteiger partial charge is 0.459 e. The predicted octanol–water partition coefficient (Wildman–Crippen LogP) is 4.47. The number of ether oxygens (including phenoxy) is 1. The van der Waals surface area contributed by atoms with Crippen LogP contribution in [0.4, 0.5) is 30.7 Å². The van der Waals surface area contributed by atoms with Crippen molar-refractivity contribution in [2.75, 3.05) is 7.11 Å². The number of methoxy groups -OCH3 is 1. The van der Waals surface area contributed by atoms with Crippen LogP contribution < -0.4 is 0 Å². The number of hydrogen-bond acceptors (Lipinski definition) is 2. The Balaban J connectivity index is 3.17. The van der Waals surface area contributed by atoms with Crippen molar-refractivity contribution < 1.29 is 35.5 Å². The Hall–Kier alpha value is -1.82. The normalized spacial score (nSPS) is 14.5. The first-order chi connectivity index (χ1) is 9.98. The van der Waals surface area contributed by atoms with E-state index in [0.717, 1.165) is 13.2 Å². The van der Waals surface area contributed by atoms with Crippen molar-refractivity contribution in [1.29, 1.82) is 5.26 Å². The van der Waals surface area contributed by atoms with E-state index in [1.54, 1.807) is 6.07 Å². The standard InChI is InChI=1S/C13H10F7NO/c1-22-10(9-5-3-2-4-8(9)7-21)6-11(14,15)12(16,17)13(18,19)20/h2-5,10H,6H2,1H3. The summed E-state index contributed by atoms with van der Waals surface area (Å²) in [5, 5.41) is 8.83. The lowest BCUT2D eigenvalue weighted by Crippen LogP contribution is -2.52. The minimum absolute atomic E-state index is 0.152. The van der Waals surface area contributed by atoms with Gasteiger partial charge < -0.3 is 4.74 Å². The maximum atomic E-state index is 13.4. The van der Waals surface area contributed by atoms with Gasteiger partial charge in [-0.15, -0.1) is 0 Å². The molecule has 0 amide bonds. The van der Waals surface area contributed by atoms with Gasteiger partial charge in [0.1, 0.15) is 0 Å². The van der Waals surface area contributed by atoms with Gasteiger partial charge in [-0.2, -0.15) is 36.0 Å². The van der Waals surface area contributed by atoms with Gasteiger partial charge in [-0.05, 0) is 11.6 Å². The average Bonchev–Trinajstić information content (AvgIpc) is 2.43. The fourth-order valence-electron chi connectivity index (χ4n) is 1.77. The third-order valence-electron chi connectivity index (χ3n) is 2.97. The first-order valence-electron chi connectivity index (χ1n) is 5.82. The Morgan fingerprint density at radius 2 is 1.64 bits per heavy atom. The van der Waals surface area contributed by atoms with E-state index in [1.165, 1.54) is 18.2 Å². The van der Waals surface area contributed by atoms with Crippen LogP contribution in [0.5, 0.6) is 0 Å². The molecule has 0 bridgehead atoms. The smallest absolute Gasteiger partial charge is 0.376 e. The Morgan fingerprint density at radius 3 is 2.09 bits per heavy atom. The molecule has 0 aromatic heterocycles. The lowest BCUT2D eigenvalue weighted by atomic mass is 9.95. The fourth-order valence-corrected chi connectivity index (χ4v) is 1.77. The van der Waals surface area contributed by atoms with Gasteiger partial charge in [-0.1, -0.05) is 18.2 Å². The Bertz CT molecular complexity index is 562. The van der Waals surface area contributed by atoms with E-state index < -0.39 is 30.5 Å². The van der Waals surface area contributed by atoms with Crippen LogP contribution in [-0.4, -0.2) is 25.1 Å². The molecule has 0 N–H and O–H groups in total. The van der Waals surface area contributed by atoms with Crippen molar-refractivity contribution in [1.82, 2.24) is 0 Å². The highest BCUT2D eigenvalue weighted by Gasteiger charge is 2.73. The van der Waals surface area contributed by atoms with Crippen LogP contribution in [0.1, 0.15) is 23.7 Å². The van der Waals surface area contributed by atoms with Gasteiger partial charge in [0.2, 0.25) is 0 Å². The Labute approximate surface area is 121 Å². The Morgan fingerprint density at radius 1 is 1.09 bits per heavy atom. The monoisotopic (exact) mass is 329 g/mol. The summed E-state index contributed by atoms with van der Waals surface area (Å²) in [5.74, 6) is -11.6. The molecule has 0 saturated heterocycles. The minimum atomic E-state index is -6.40. The highest BCUT2D eigenvalue weighted by atomic mass is 19.4. The molecule has 1 unspecified atom stereocenters. The predicted molar refractivity (Wildman–Crippen MR) is 61.5 cm³/mol. The van der Waals surface area contributed by atoms with Crippen molar-refractivity contribution in [3.8, 4) is 6.07 Å². The van der Waals surface area contributed by atoms with Crippen LogP contribution in [0, 0.1) is 11.3 Å². The maximum absolute atomic E-state index is 13.4. The second kappa shape index (κ2) is 6.12. The summed E-state index contributed by atoms with van der Waals surface area (Å²) in [5.41, 5.74) is -0.342. The summed E-state index contributed by atoms with van der Waals surface area (Å²) < 4.78 is 93.6. The summed E-state index contributed by atoms with van der Waals surface area (Å²) in [7, 11) is 0.876. The van der Waals surface area contributed by atoms with Crippen LogP contribution >= 0.6 is 0 Å². The number of rotatable bonds is 5. The lowest BCUT2D eigenvalue weighted by Gasteiger charge is -2.30.